The van der Waals surface area contributed by atoms with E-state index in [1.807, 2.05) is 53.7 Å². The molecule has 0 fully saturated rings. The summed E-state index contributed by atoms with van der Waals surface area (Å²) in [7, 11) is 0. The van der Waals surface area contributed by atoms with E-state index in [4.69, 9.17) is 0 Å². The highest BCUT2D eigenvalue weighted by Gasteiger charge is 2.23. The lowest BCUT2D eigenvalue weighted by Gasteiger charge is -2.16. The molecule has 0 aliphatic carbocycles. The summed E-state index contributed by atoms with van der Waals surface area (Å²) in [5.74, 6) is 0.373. The molecule has 4 heteroatoms. The Balaban J connectivity index is 2.39. The van der Waals surface area contributed by atoms with Gasteiger partial charge in [-0.15, -0.1) is 0 Å². The Bertz CT molecular complexity index is 743. The van der Waals surface area contributed by atoms with Gasteiger partial charge >= 0.3 is 0 Å². The lowest BCUT2D eigenvalue weighted by atomic mass is 9.87. The van der Waals surface area contributed by atoms with E-state index in [0.29, 0.717) is 29.7 Å². The Morgan fingerprint density at radius 3 is 2.09 bits per heavy atom. The van der Waals surface area contributed by atoms with Crippen molar-refractivity contribution in [2.45, 2.75) is 54.4 Å². The Morgan fingerprint density at radius 2 is 1.52 bits per heavy atom. The number of hydrogen-bond acceptors (Lipinski definition) is 3. The zero-order valence-electron chi connectivity index (χ0n) is 14.9. The molecular formula is C19H26N2O2. The van der Waals surface area contributed by atoms with Crippen LogP contribution >= 0.6 is 0 Å². The van der Waals surface area contributed by atoms with Crippen LogP contribution in [0, 0.1) is 10.8 Å². The summed E-state index contributed by atoms with van der Waals surface area (Å²) in [6.07, 6.45) is 0.863. The number of nitrogens with one attached hydrogen (secondary N) is 1. The summed E-state index contributed by atoms with van der Waals surface area (Å²) < 4.78 is 0. The summed E-state index contributed by atoms with van der Waals surface area (Å²) in [5, 5.41) is 0. The molecule has 4 nitrogen and oxygen atoms in total. The summed E-state index contributed by atoms with van der Waals surface area (Å²) in [5.41, 5.74) is 1.74. The molecule has 23 heavy (non-hydrogen) atoms. The van der Waals surface area contributed by atoms with Crippen LogP contribution in [0.2, 0.25) is 0 Å². The van der Waals surface area contributed by atoms with Crippen LogP contribution in [0.3, 0.4) is 0 Å². The molecule has 0 unspecified atom stereocenters. The van der Waals surface area contributed by atoms with Crippen molar-refractivity contribution in [2.75, 3.05) is 0 Å². The smallest absolute Gasteiger partial charge is 0.198 e. The van der Waals surface area contributed by atoms with Gasteiger partial charge in [0.15, 0.2) is 17.4 Å². The fraction of sp³-hybridized carbons (Fsp3) is 0.526. The highest BCUT2D eigenvalue weighted by molar-refractivity contribution is 6.07. The van der Waals surface area contributed by atoms with E-state index in [2.05, 4.69) is 9.97 Å². The Labute approximate surface area is 137 Å². The molecular weight excluding hydrogens is 288 g/mol. The number of ketones is 2. The summed E-state index contributed by atoms with van der Waals surface area (Å²) in [6, 6.07) is 5.47. The molecule has 0 radical (unpaired) electrons. The van der Waals surface area contributed by atoms with Crippen molar-refractivity contribution >= 4 is 22.6 Å². The van der Waals surface area contributed by atoms with Crippen molar-refractivity contribution in [3.8, 4) is 0 Å². The number of carbonyl (C=O) groups excluding carboxylic acids is 2. The lowest BCUT2D eigenvalue weighted by molar-refractivity contribution is 0.0923. The zero-order valence-corrected chi connectivity index (χ0v) is 14.9. The molecule has 0 aliphatic heterocycles. The first-order valence-electron chi connectivity index (χ1n) is 8.01. The van der Waals surface area contributed by atoms with E-state index in [9.17, 15) is 9.59 Å². The first kappa shape index (κ1) is 17.4. The van der Waals surface area contributed by atoms with Crippen LogP contribution in [0.15, 0.2) is 18.2 Å². The predicted octanol–water partition coefficient (Wildman–Crippen LogP) is 4.80. The Morgan fingerprint density at radius 1 is 0.957 bits per heavy atom. The van der Waals surface area contributed by atoms with Crippen LogP contribution in [0.25, 0.3) is 11.0 Å². The maximum atomic E-state index is 12.5. The molecule has 0 spiro atoms. The van der Waals surface area contributed by atoms with Crippen molar-refractivity contribution in [3.05, 3.63) is 29.6 Å². The molecule has 1 aromatic carbocycles. The third kappa shape index (κ3) is 4.50. The second-order valence-corrected chi connectivity index (χ2v) is 8.61. The van der Waals surface area contributed by atoms with Crippen molar-refractivity contribution in [1.29, 1.82) is 0 Å². The predicted molar refractivity (Wildman–Crippen MR) is 92.9 cm³/mol. The summed E-state index contributed by atoms with van der Waals surface area (Å²) >= 11 is 0. The van der Waals surface area contributed by atoms with Crippen LogP contribution in [-0.2, 0) is 0 Å². The Hall–Kier alpha value is -1.97. The largest absolute Gasteiger partial charge is 0.335 e. The van der Waals surface area contributed by atoms with E-state index in [1.165, 1.54) is 0 Å². The second kappa shape index (κ2) is 5.91. The van der Waals surface area contributed by atoms with Gasteiger partial charge in [0, 0.05) is 18.4 Å². The fourth-order valence-corrected chi connectivity index (χ4v) is 2.53. The molecule has 0 saturated heterocycles. The quantitative estimate of drug-likeness (QED) is 0.824. The minimum atomic E-state index is -0.0963. The van der Waals surface area contributed by atoms with Crippen molar-refractivity contribution in [3.63, 3.8) is 0 Å². The summed E-state index contributed by atoms with van der Waals surface area (Å²) in [4.78, 5) is 32.4. The maximum absolute atomic E-state index is 12.5. The molecule has 0 bridgehead atoms. The van der Waals surface area contributed by atoms with E-state index in [0.717, 1.165) is 5.52 Å². The number of H-pyrrole nitrogens is 1. The number of carbonyl (C=O) groups is 2. The van der Waals surface area contributed by atoms with Crippen LogP contribution < -0.4 is 0 Å². The summed E-state index contributed by atoms with van der Waals surface area (Å²) in [6.45, 7) is 12.2. The third-order valence-electron chi connectivity index (χ3n) is 3.46. The maximum Gasteiger partial charge on any atom is 0.198 e. The van der Waals surface area contributed by atoms with Gasteiger partial charge in [-0.2, -0.15) is 0 Å². The number of aromatic amines is 1. The topological polar surface area (TPSA) is 62.8 Å². The minimum absolute atomic E-state index is 0.0251. The molecule has 2 aromatic rings. The molecule has 0 aliphatic rings. The lowest BCUT2D eigenvalue weighted by Crippen LogP contribution is -2.14. The number of para-hydroxylation sites is 1. The molecule has 0 saturated carbocycles. The van der Waals surface area contributed by atoms with Gasteiger partial charge in [0.1, 0.15) is 0 Å². The second-order valence-electron chi connectivity index (χ2n) is 8.61. The number of nitrogens with zero attached hydrogens (tertiary/aromatic N) is 1. The monoisotopic (exact) mass is 314 g/mol. The average Bonchev–Trinajstić information content (AvgIpc) is 2.77. The SMILES string of the molecule is CC(C)(C)CC(=O)c1nc2c(C(=O)CC(C)(C)C)cccc2[nH]1. The molecule has 1 heterocycles. The first-order chi connectivity index (χ1) is 10.5. The fourth-order valence-electron chi connectivity index (χ4n) is 2.53. The van der Waals surface area contributed by atoms with Crippen LogP contribution in [0.1, 0.15) is 75.4 Å². The minimum Gasteiger partial charge on any atom is -0.335 e. The number of rotatable bonds is 4. The molecule has 2 rings (SSSR count). The van der Waals surface area contributed by atoms with Crippen LogP contribution in [0.5, 0.6) is 0 Å². The number of imidazole rings is 1. The molecule has 0 amide bonds. The van der Waals surface area contributed by atoms with Crippen molar-refractivity contribution in [2.24, 2.45) is 10.8 Å². The van der Waals surface area contributed by atoms with Crippen LogP contribution in [-0.4, -0.2) is 21.5 Å². The van der Waals surface area contributed by atoms with Gasteiger partial charge in [-0.3, -0.25) is 9.59 Å². The normalized spacial score (nSPS) is 12.6. The van der Waals surface area contributed by atoms with Gasteiger partial charge < -0.3 is 4.98 Å². The van der Waals surface area contributed by atoms with Gasteiger partial charge in [0.2, 0.25) is 0 Å². The molecule has 1 aromatic heterocycles. The average molecular weight is 314 g/mol. The van der Waals surface area contributed by atoms with Gasteiger partial charge in [-0.05, 0) is 23.0 Å². The van der Waals surface area contributed by atoms with Gasteiger partial charge in [-0.25, -0.2) is 4.98 Å². The van der Waals surface area contributed by atoms with Crippen molar-refractivity contribution in [1.82, 2.24) is 9.97 Å². The number of benzene rings is 1. The van der Waals surface area contributed by atoms with Crippen molar-refractivity contribution < 1.29 is 9.59 Å². The zero-order chi connectivity index (χ0) is 17.4. The van der Waals surface area contributed by atoms with E-state index in [1.54, 1.807) is 6.07 Å². The van der Waals surface area contributed by atoms with Gasteiger partial charge in [0.25, 0.3) is 0 Å². The number of fused-ring (bicyclic) bond motifs is 1. The first-order valence-corrected chi connectivity index (χ1v) is 8.01. The van der Waals surface area contributed by atoms with E-state index in [-0.39, 0.29) is 22.4 Å². The Kier molecular flexibility index (Phi) is 4.47. The number of aromatic nitrogens is 2. The highest BCUT2D eigenvalue weighted by Crippen LogP contribution is 2.26. The number of hydrogen-bond donors (Lipinski definition) is 1. The van der Waals surface area contributed by atoms with E-state index >= 15 is 0 Å². The number of Topliss-reactive ketones (excluding diaryl/α,β-unsaturated/α-hetero) is 2. The van der Waals surface area contributed by atoms with Crippen LogP contribution in [0.4, 0.5) is 0 Å². The molecule has 0 atom stereocenters. The van der Waals surface area contributed by atoms with E-state index < -0.39 is 0 Å². The third-order valence-corrected chi connectivity index (χ3v) is 3.46. The highest BCUT2D eigenvalue weighted by atomic mass is 16.1. The molecule has 1 N–H and O–H groups in total. The standard InChI is InChI=1S/C19H26N2O2/c1-18(2,3)10-14(22)12-8-7-9-13-16(12)21-17(20-13)15(23)11-19(4,5)6/h7-9H,10-11H2,1-6H3,(H,20,21). The van der Waals surface area contributed by atoms with Gasteiger partial charge in [-0.1, -0.05) is 47.6 Å². The van der Waals surface area contributed by atoms with Gasteiger partial charge in [0.05, 0.1) is 11.0 Å². The molecule has 124 valence electrons.